The van der Waals surface area contributed by atoms with Crippen LogP contribution in [0.15, 0.2) is 23.1 Å². The van der Waals surface area contributed by atoms with Crippen LogP contribution < -0.4 is 10.5 Å². The van der Waals surface area contributed by atoms with Gasteiger partial charge in [-0.15, -0.1) is 0 Å². The molecule has 21 heavy (non-hydrogen) atoms. The van der Waals surface area contributed by atoms with Gasteiger partial charge in [0, 0.05) is 18.7 Å². The Morgan fingerprint density at radius 2 is 2.14 bits per heavy atom. The molecule has 3 N–H and O–H groups in total. The van der Waals surface area contributed by atoms with Gasteiger partial charge >= 0.3 is 0 Å². The molecule has 0 fully saturated rings. The van der Waals surface area contributed by atoms with E-state index in [0.29, 0.717) is 18.8 Å². The van der Waals surface area contributed by atoms with Crippen LogP contribution in [-0.4, -0.2) is 33.2 Å². The highest BCUT2D eigenvalue weighted by atomic mass is 35.5. The lowest BCUT2D eigenvalue weighted by atomic mass is 10.2. The molecule has 1 rings (SSSR count). The Balaban J connectivity index is 2.64. The third-order valence-electron chi connectivity index (χ3n) is 2.69. The number of nitrogens with one attached hydrogen (secondary N) is 1. The number of ether oxygens (including phenoxy) is 1. The second-order valence-corrected chi connectivity index (χ2v) is 6.96. The molecule has 1 aromatic rings. The summed E-state index contributed by atoms with van der Waals surface area (Å²) in [5.74, 6) is 0. The molecule has 0 aromatic heterocycles. The van der Waals surface area contributed by atoms with Crippen molar-refractivity contribution in [3.63, 3.8) is 0 Å². The van der Waals surface area contributed by atoms with Crippen molar-refractivity contribution in [1.82, 2.24) is 4.72 Å². The highest BCUT2D eigenvalue weighted by Crippen LogP contribution is 2.22. The summed E-state index contributed by atoms with van der Waals surface area (Å²) in [5, 5.41) is 0.0831. The summed E-state index contributed by atoms with van der Waals surface area (Å²) in [6.45, 7) is 3.20. The largest absolute Gasteiger partial charge is 0.389 e. The fourth-order valence-corrected chi connectivity index (χ4v) is 3.23. The topological polar surface area (TPSA) is 81.4 Å². The number of hydrogen-bond donors (Lipinski definition) is 2. The molecule has 0 saturated heterocycles. The first-order chi connectivity index (χ1) is 9.88. The first-order valence-electron chi connectivity index (χ1n) is 6.55. The van der Waals surface area contributed by atoms with Crippen molar-refractivity contribution < 1.29 is 13.2 Å². The van der Waals surface area contributed by atoms with Crippen molar-refractivity contribution in [3.05, 3.63) is 28.8 Å². The van der Waals surface area contributed by atoms with Crippen LogP contribution in [0, 0.1) is 0 Å². The Morgan fingerprint density at radius 1 is 1.43 bits per heavy atom. The Bertz CT molecular complexity index is 591. The van der Waals surface area contributed by atoms with Crippen LogP contribution in [0.1, 0.15) is 25.3 Å². The van der Waals surface area contributed by atoms with Gasteiger partial charge in [-0.25, -0.2) is 13.1 Å². The Morgan fingerprint density at radius 3 is 2.71 bits per heavy atom. The summed E-state index contributed by atoms with van der Waals surface area (Å²) in [5.41, 5.74) is 6.00. The van der Waals surface area contributed by atoms with E-state index in [-0.39, 0.29) is 21.5 Å². The molecule has 118 valence electrons. The van der Waals surface area contributed by atoms with Crippen LogP contribution in [-0.2, 0) is 14.8 Å². The molecule has 0 amide bonds. The van der Waals surface area contributed by atoms with E-state index in [1.165, 1.54) is 18.2 Å². The third kappa shape index (κ3) is 5.88. The van der Waals surface area contributed by atoms with Crippen molar-refractivity contribution in [1.29, 1.82) is 0 Å². The van der Waals surface area contributed by atoms with Gasteiger partial charge in [-0.05, 0) is 18.6 Å². The SMILES string of the molecule is CCCCOCCNS(=O)(=O)c1ccc(C(N)=S)cc1Cl. The summed E-state index contributed by atoms with van der Waals surface area (Å²) in [7, 11) is -3.67. The molecular weight excluding hydrogens is 332 g/mol. The maximum absolute atomic E-state index is 12.1. The van der Waals surface area contributed by atoms with Gasteiger partial charge in [0.05, 0.1) is 11.6 Å². The molecule has 1 aromatic carbocycles. The highest BCUT2D eigenvalue weighted by Gasteiger charge is 2.17. The molecule has 5 nitrogen and oxygen atoms in total. The van der Waals surface area contributed by atoms with Crippen LogP contribution >= 0.6 is 23.8 Å². The van der Waals surface area contributed by atoms with Crippen molar-refractivity contribution in [3.8, 4) is 0 Å². The number of sulfonamides is 1. The quantitative estimate of drug-likeness (QED) is 0.526. The van der Waals surface area contributed by atoms with E-state index in [1.54, 1.807) is 0 Å². The van der Waals surface area contributed by atoms with Crippen LogP contribution in [0.25, 0.3) is 0 Å². The van der Waals surface area contributed by atoms with Gasteiger partial charge < -0.3 is 10.5 Å². The van der Waals surface area contributed by atoms with E-state index in [4.69, 9.17) is 34.3 Å². The number of hydrogen-bond acceptors (Lipinski definition) is 4. The molecular formula is C13H19ClN2O3S2. The average Bonchev–Trinajstić information content (AvgIpc) is 2.42. The summed E-state index contributed by atoms with van der Waals surface area (Å²) < 4.78 is 31.9. The zero-order chi connectivity index (χ0) is 15.9. The number of benzene rings is 1. The van der Waals surface area contributed by atoms with E-state index < -0.39 is 10.0 Å². The summed E-state index contributed by atoms with van der Waals surface area (Å²) >= 11 is 10.8. The maximum Gasteiger partial charge on any atom is 0.242 e. The summed E-state index contributed by atoms with van der Waals surface area (Å²) in [6.07, 6.45) is 2.00. The second-order valence-electron chi connectivity index (χ2n) is 4.37. The monoisotopic (exact) mass is 350 g/mol. The van der Waals surface area contributed by atoms with Gasteiger partial charge in [-0.3, -0.25) is 0 Å². The van der Waals surface area contributed by atoms with Crippen LogP contribution in [0.5, 0.6) is 0 Å². The van der Waals surface area contributed by atoms with Crippen LogP contribution in [0.3, 0.4) is 0 Å². The van der Waals surface area contributed by atoms with E-state index in [9.17, 15) is 8.42 Å². The predicted octanol–water partition coefficient (Wildman–Crippen LogP) is 2.07. The molecule has 0 heterocycles. The van der Waals surface area contributed by atoms with Gasteiger partial charge in [-0.1, -0.05) is 43.2 Å². The van der Waals surface area contributed by atoms with Crippen LogP contribution in [0.4, 0.5) is 0 Å². The number of nitrogens with two attached hydrogens (primary N) is 1. The molecule has 0 bridgehead atoms. The molecule has 0 aliphatic rings. The average molecular weight is 351 g/mol. The minimum atomic E-state index is -3.67. The minimum absolute atomic E-state index is 0.00211. The fraction of sp³-hybridized carbons (Fsp3) is 0.462. The van der Waals surface area contributed by atoms with Crippen molar-refractivity contribution in [2.24, 2.45) is 5.73 Å². The molecule has 8 heteroatoms. The standard InChI is InChI=1S/C13H19ClN2O3S2/c1-2-3-7-19-8-6-16-21(17,18)12-5-4-10(13(15)20)9-11(12)14/h4-5,9,16H,2-3,6-8H2,1H3,(H2,15,20). The van der Waals surface area contributed by atoms with E-state index in [1.807, 2.05) is 0 Å². The zero-order valence-electron chi connectivity index (χ0n) is 11.8. The number of thiocarbonyl (C=S) groups is 1. The molecule has 0 aliphatic heterocycles. The predicted molar refractivity (Wildman–Crippen MR) is 88.3 cm³/mol. The maximum atomic E-state index is 12.1. The lowest BCUT2D eigenvalue weighted by molar-refractivity contribution is 0.136. The number of unbranched alkanes of at least 4 members (excludes halogenated alkanes) is 1. The molecule has 0 unspecified atom stereocenters. The van der Waals surface area contributed by atoms with Crippen molar-refractivity contribution in [2.75, 3.05) is 19.8 Å². The fourth-order valence-electron chi connectivity index (χ4n) is 1.55. The van der Waals surface area contributed by atoms with Crippen LogP contribution in [0.2, 0.25) is 5.02 Å². The molecule has 0 atom stereocenters. The first kappa shape index (κ1) is 18.3. The van der Waals surface area contributed by atoms with E-state index in [0.717, 1.165) is 12.8 Å². The zero-order valence-corrected chi connectivity index (χ0v) is 14.2. The van der Waals surface area contributed by atoms with Gasteiger partial charge in [-0.2, -0.15) is 0 Å². The Labute approximate surface area is 135 Å². The molecule has 0 spiro atoms. The molecule has 0 saturated carbocycles. The lowest BCUT2D eigenvalue weighted by Gasteiger charge is -2.10. The summed E-state index contributed by atoms with van der Waals surface area (Å²) in [6, 6.07) is 4.35. The lowest BCUT2D eigenvalue weighted by Crippen LogP contribution is -2.28. The van der Waals surface area contributed by atoms with Gasteiger partial charge in [0.2, 0.25) is 10.0 Å². The normalized spacial score (nSPS) is 11.5. The van der Waals surface area contributed by atoms with Gasteiger partial charge in [0.25, 0.3) is 0 Å². The number of rotatable bonds is 9. The minimum Gasteiger partial charge on any atom is -0.389 e. The van der Waals surface area contributed by atoms with Crippen molar-refractivity contribution in [2.45, 2.75) is 24.7 Å². The Kier molecular flexibility index (Phi) is 7.55. The smallest absolute Gasteiger partial charge is 0.242 e. The highest BCUT2D eigenvalue weighted by molar-refractivity contribution is 7.89. The van der Waals surface area contributed by atoms with Gasteiger partial charge in [0.1, 0.15) is 9.88 Å². The Hall–Kier alpha value is -0.730. The first-order valence-corrected chi connectivity index (χ1v) is 8.82. The third-order valence-corrected chi connectivity index (χ3v) is 4.87. The number of halogens is 1. The molecule has 0 radical (unpaired) electrons. The van der Waals surface area contributed by atoms with Gasteiger partial charge in [0.15, 0.2) is 0 Å². The summed E-state index contributed by atoms with van der Waals surface area (Å²) in [4.78, 5) is 0.163. The second kappa shape index (κ2) is 8.65. The van der Waals surface area contributed by atoms with E-state index in [2.05, 4.69) is 11.6 Å². The van der Waals surface area contributed by atoms with E-state index >= 15 is 0 Å². The van der Waals surface area contributed by atoms with Crippen molar-refractivity contribution >= 4 is 38.8 Å². The molecule has 0 aliphatic carbocycles.